The fourth-order valence-electron chi connectivity index (χ4n) is 1.20. The van der Waals surface area contributed by atoms with Crippen molar-refractivity contribution in [2.24, 2.45) is 7.05 Å². The van der Waals surface area contributed by atoms with E-state index in [9.17, 15) is 4.79 Å². The van der Waals surface area contributed by atoms with Gasteiger partial charge in [-0.25, -0.2) is 0 Å². The molecule has 0 spiro atoms. The lowest BCUT2D eigenvalue weighted by molar-refractivity contribution is 0.903. The molecule has 2 heterocycles. The van der Waals surface area contributed by atoms with Crippen molar-refractivity contribution in [3.8, 4) is 0 Å². The lowest BCUT2D eigenvalue weighted by Gasteiger charge is -2.01. The van der Waals surface area contributed by atoms with Crippen LogP contribution in [-0.2, 0) is 7.05 Å². The lowest BCUT2D eigenvalue weighted by Crippen LogP contribution is -2.15. The molecule has 0 radical (unpaired) electrons. The Labute approximate surface area is 93.6 Å². The van der Waals surface area contributed by atoms with Gasteiger partial charge in [0.15, 0.2) is 0 Å². The van der Waals surface area contributed by atoms with Crippen molar-refractivity contribution >= 4 is 35.8 Å². The average Bonchev–Trinajstić information content (AvgIpc) is 2.12. The number of nitrogens with zero attached hydrogens (tertiary/aromatic N) is 2. The van der Waals surface area contributed by atoms with Crippen LogP contribution in [0.25, 0.3) is 11.0 Å². The van der Waals surface area contributed by atoms with Crippen molar-refractivity contribution in [1.29, 1.82) is 0 Å². The van der Waals surface area contributed by atoms with Gasteiger partial charge in [0, 0.05) is 19.3 Å². The molecule has 0 fully saturated rings. The van der Waals surface area contributed by atoms with Crippen LogP contribution < -0.4 is 5.56 Å². The number of hydrogen-bond donors (Lipinski definition) is 0. The highest BCUT2D eigenvalue weighted by molar-refractivity contribution is 5.85. The first-order chi connectivity index (χ1) is 5.79. The van der Waals surface area contributed by atoms with Crippen LogP contribution in [0.3, 0.4) is 0 Å². The highest BCUT2D eigenvalue weighted by Crippen LogP contribution is 2.05. The van der Waals surface area contributed by atoms with E-state index in [1.54, 1.807) is 23.9 Å². The molecule has 76 valence electrons. The lowest BCUT2D eigenvalue weighted by atomic mass is 10.3. The SMILES string of the molecule is Cl.Cl.Cn1c(=O)ccc2ncccc21. The van der Waals surface area contributed by atoms with Gasteiger partial charge in [-0.3, -0.25) is 9.78 Å². The second kappa shape index (κ2) is 4.98. The van der Waals surface area contributed by atoms with Crippen molar-refractivity contribution < 1.29 is 0 Å². The summed E-state index contributed by atoms with van der Waals surface area (Å²) in [5, 5.41) is 0. The third-order valence-corrected chi connectivity index (χ3v) is 1.89. The predicted molar refractivity (Wildman–Crippen MR) is 61.5 cm³/mol. The third-order valence-electron chi connectivity index (χ3n) is 1.89. The van der Waals surface area contributed by atoms with E-state index in [-0.39, 0.29) is 30.4 Å². The molecule has 0 saturated carbocycles. The summed E-state index contributed by atoms with van der Waals surface area (Å²) < 4.78 is 1.59. The maximum absolute atomic E-state index is 11.2. The van der Waals surface area contributed by atoms with Gasteiger partial charge in [-0.15, -0.1) is 24.8 Å². The number of halogens is 2. The third kappa shape index (κ3) is 2.05. The zero-order chi connectivity index (χ0) is 8.55. The van der Waals surface area contributed by atoms with Gasteiger partial charge in [-0.1, -0.05) is 0 Å². The normalized spacial score (nSPS) is 8.93. The van der Waals surface area contributed by atoms with Crippen LogP contribution in [0.5, 0.6) is 0 Å². The van der Waals surface area contributed by atoms with Gasteiger partial charge in [0.1, 0.15) is 0 Å². The minimum absolute atomic E-state index is 0. The van der Waals surface area contributed by atoms with E-state index in [0.717, 1.165) is 11.0 Å². The van der Waals surface area contributed by atoms with Crippen molar-refractivity contribution in [3.63, 3.8) is 0 Å². The monoisotopic (exact) mass is 232 g/mol. The first-order valence-electron chi connectivity index (χ1n) is 3.70. The predicted octanol–water partition coefficient (Wildman–Crippen LogP) is 1.78. The second-order valence-corrected chi connectivity index (χ2v) is 2.64. The Bertz CT molecular complexity index is 481. The van der Waals surface area contributed by atoms with E-state index in [2.05, 4.69) is 4.98 Å². The van der Waals surface area contributed by atoms with Gasteiger partial charge in [-0.05, 0) is 18.2 Å². The Morgan fingerprint density at radius 2 is 1.93 bits per heavy atom. The Kier molecular flexibility index (Phi) is 4.60. The van der Waals surface area contributed by atoms with E-state index in [1.807, 2.05) is 12.1 Å². The highest BCUT2D eigenvalue weighted by Gasteiger charge is 1.96. The summed E-state index contributed by atoms with van der Waals surface area (Å²) in [5.41, 5.74) is 1.71. The molecular formula is C9H10Cl2N2O. The summed E-state index contributed by atoms with van der Waals surface area (Å²) in [7, 11) is 1.74. The summed E-state index contributed by atoms with van der Waals surface area (Å²) in [6, 6.07) is 6.96. The number of fused-ring (bicyclic) bond motifs is 1. The second-order valence-electron chi connectivity index (χ2n) is 2.64. The van der Waals surface area contributed by atoms with Crippen LogP contribution in [0.15, 0.2) is 35.3 Å². The molecule has 14 heavy (non-hydrogen) atoms. The highest BCUT2D eigenvalue weighted by atomic mass is 35.5. The summed E-state index contributed by atoms with van der Waals surface area (Å²) in [6.45, 7) is 0. The smallest absolute Gasteiger partial charge is 0.250 e. The van der Waals surface area contributed by atoms with Gasteiger partial charge in [0.2, 0.25) is 0 Å². The molecule has 0 aromatic carbocycles. The van der Waals surface area contributed by atoms with Gasteiger partial charge in [0.25, 0.3) is 5.56 Å². The number of aryl methyl sites for hydroxylation is 1. The van der Waals surface area contributed by atoms with Crippen LogP contribution in [0.1, 0.15) is 0 Å². The molecule has 2 aromatic heterocycles. The number of pyridine rings is 2. The van der Waals surface area contributed by atoms with Crippen LogP contribution in [0.2, 0.25) is 0 Å². The van der Waals surface area contributed by atoms with Crippen LogP contribution in [-0.4, -0.2) is 9.55 Å². The topological polar surface area (TPSA) is 34.9 Å². The Morgan fingerprint density at radius 1 is 1.21 bits per heavy atom. The van der Waals surface area contributed by atoms with Crippen LogP contribution in [0, 0.1) is 0 Å². The summed E-state index contributed by atoms with van der Waals surface area (Å²) in [6.07, 6.45) is 1.72. The summed E-state index contributed by atoms with van der Waals surface area (Å²) >= 11 is 0. The maximum atomic E-state index is 11.2. The zero-order valence-electron chi connectivity index (χ0n) is 7.51. The van der Waals surface area contributed by atoms with Gasteiger partial charge >= 0.3 is 0 Å². The molecule has 0 bridgehead atoms. The molecule has 0 aliphatic rings. The first kappa shape index (κ1) is 12.9. The average molecular weight is 233 g/mol. The molecule has 5 heteroatoms. The molecule has 0 N–H and O–H groups in total. The quantitative estimate of drug-likeness (QED) is 0.695. The van der Waals surface area contributed by atoms with Crippen LogP contribution in [0.4, 0.5) is 0 Å². The van der Waals surface area contributed by atoms with E-state index in [4.69, 9.17) is 0 Å². The van der Waals surface area contributed by atoms with E-state index >= 15 is 0 Å². The van der Waals surface area contributed by atoms with E-state index in [0.29, 0.717) is 0 Å². The zero-order valence-corrected chi connectivity index (χ0v) is 9.14. The molecule has 0 atom stereocenters. The van der Waals surface area contributed by atoms with Crippen molar-refractivity contribution in [2.45, 2.75) is 0 Å². The van der Waals surface area contributed by atoms with Gasteiger partial charge in [0.05, 0.1) is 11.0 Å². The van der Waals surface area contributed by atoms with Crippen molar-refractivity contribution in [3.05, 3.63) is 40.8 Å². The van der Waals surface area contributed by atoms with Crippen LogP contribution >= 0.6 is 24.8 Å². The van der Waals surface area contributed by atoms with Gasteiger partial charge in [-0.2, -0.15) is 0 Å². The Hall–Kier alpha value is -1.06. The fraction of sp³-hybridized carbons (Fsp3) is 0.111. The molecule has 2 aromatic rings. The molecule has 0 amide bonds. The minimum atomic E-state index is -0.00417. The molecule has 0 aliphatic carbocycles. The molecule has 0 aliphatic heterocycles. The minimum Gasteiger partial charge on any atom is -0.310 e. The molecule has 0 saturated heterocycles. The summed E-state index contributed by atoms with van der Waals surface area (Å²) in [5.74, 6) is 0. The molecule has 0 unspecified atom stereocenters. The largest absolute Gasteiger partial charge is 0.310 e. The van der Waals surface area contributed by atoms with E-state index in [1.165, 1.54) is 6.07 Å². The standard InChI is InChI=1S/C9H8N2O.2ClH/c1-11-8-3-2-6-10-7(8)4-5-9(11)12;;/h2-6H,1H3;2*1H. The maximum Gasteiger partial charge on any atom is 0.250 e. The molecular weight excluding hydrogens is 223 g/mol. The number of aromatic nitrogens is 2. The number of hydrogen-bond acceptors (Lipinski definition) is 2. The van der Waals surface area contributed by atoms with Crippen molar-refractivity contribution in [1.82, 2.24) is 9.55 Å². The Balaban J connectivity index is 0.000000845. The van der Waals surface area contributed by atoms with Gasteiger partial charge < -0.3 is 4.57 Å². The molecule has 3 nitrogen and oxygen atoms in total. The molecule has 2 rings (SSSR count). The van der Waals surface area contributed by atoms with Crippen molar-refractivity contribution in [2.75, 3.05) is 0 Å². The first-order valence-corrected chi connectivity index (χ1v) is 3.70. The summed E-state index contributed by atoms with van der Waals surface area (Å²) in [4.78, 5) is 15.3. The number of rotatable bonds is 0. The van der Waals surface area contributed by atoms with E-state index < -0.39 is 0 Å². The fourth-order valence-corrected chi connectivity index (χ4v) is 1.20. The Morgan fingerprint density at radius 3 is 2.64 bits per heavy atom.